The van der Waals surface area contributed by atoms with E-state index in [1.165, 1.54) is 34.2 Å². The van der Waals surface area contributed by atoms with E-state index in [1.807, 2.05) is 0 Å². The van der Waals surface area contributed by atoms with Gasteiger partial charge in [0.15, 0.2) is 16.4 Å². The highest BCUT2D eigenvalue weighted by molar-refractivity contribution is 7.22. The minimum absolute atomic E-state index is 0.298. The number of aromatic nitrogens is 5. The molecule has 1 amide bonds. The number of carbonyl (C=O) groups excluding carboxylic acids is 1. The largest absolute Gasteiger partial charge is 0.418 e. The second-order valence-corrected chi connectivity index (χ2v) is 8.29. The first kappa shape index (κ1) is 20.4. The van der Waals surface area contributed by atoms with Crippen molar-refractivity contribution in [3.63, 3.8) is 0 Å². The molecule has 0 radical (unpaired) electrons. The lowest BCUT2D eigenvalue weighted by Gasteiger charge is -2.13. The molecule has 1 aromatic carbocycles. The zero-order valence-electron chi connectivity index (χ0n) is 16.5. The Kier molecular flexibility index (Phi) is 4.84. The van der Waals surface area contributed by atoms with Crippen LogP contribution in [0.3, 0.4) is 0 Å². The summed E-state index contributed by atoms with van der Waals surface area (Å²) in [6.07, 6.45) is -1.17. The molecule has 1 saturated heterocycles. The second-order valence-electron chi connectivity index (χ2n) is 7.31. The number of hydrogen-bond donors (Lipinski definition) is 1. The molecule has 0 saturated carbocycles. The third kappa shape index (κ3) is 3.57. The van der Waals surface area contributed by atoms with Crippen molar-refractivity contribution in [2.24, 2.45) is 0 Å². The summed E-state index contributed by atoms with van der Waals surface area (Å²) < 4.78 is 42.2. The Morgan fingerprint density at radius 1 is 1.19 bits per heavy atom. The minimum Gasteiger partial charge on any atom is -0.348 e. The Morgan fingerprint density at radius 3 is 2.69 bits per heavy atom. The summed E-state index contributed by atoms with van der Waals surface area (Å²) in [6, 6.07) is 4.63. The first-order valence-electron chi connectivity index (χ1n) is 9.77. The van der Waals surface area contributed by atoms with E-state index in [4.69, 9.17) is 0 Å². The van der Waals surface area contributed by atoms with Crippen LogP contribution < -0.4 is 15.9 Å². The molecule has 1 aliphatic heterocycles. The average molecular weight is 463 g/mol. The second kappa shape index (κ2) is 7.58. The summed E-state index contributed by atoms with van der Waals surface area (Å²) in [5.41, 5.74) is -1.23. The van der Waals surface area contributed by atoms with Crippen LogP contribution in [0.1, 0.15) is 18.4 Å². The number of rotatable bonds is 4. The summed E-state index contributed by atoms with van der Waals surface area (Å²) in [4.78, 5) is 36.0. The van der Waals surface area contributed by atoms with Crippen molar-refractivity contribution in [2.75, 3.05) is 23.3 Å². The van der Waals surface area contributed by atoms with Gasteiger partial charge in [0.1, 0.15) is 17.6 Å². The zero-order chi connectivity index (χ0) is 22.5. The van der Waals surface area contributed by atoms with Gasteiger partial charge in [0.25, 0.3) is 0 Å². The van der Waals surface area contributed by atoms with Crippen LogP contribution in [0.4, 0.5) is 24.0 Å². The van der Waals surface area contributed by atoms with Crippen LogP contribution in [0, 0.1) is 0 Å². The van der Waals surface area contributed by atoms with Crippen molar-refractivity contribution in [1.82, 2.24) is 24.1 Å². The number of fused-ring (bicyclic) bond motifs is 3. The quantitative estimate of drug-likeness (QED) is 0.500. The van der Waals surface area contributed by atoms with Gasteiger partial charge >= 0.3 is 11.9 Å². The molecule has 4 aromatic rings. The molecule has 13 heteroatoms. The Balaban J connectivity index is 1.45. The SMILES string of the molecule is O=C(Cn1nc2c3sc(N4CCCC4)nc3ncn2c1=O)Nc1ccccc1C(F)(F)F. The molecule has 3 aromatic heterocycles. The van der Waals surface area contributed by atoms with E-state index >= 15 is 0 Å². The molecule has 1 aliphatic rings. The normalized spacial score (nSPS) is 14.5. The van der Waals surface area contributed by atoms with E-state index in [1.54, 1.807) is 0 Å². The molecule has 0 aliphatic carbocycles. The Bertz CT molecular complexity index is 1390. The molecule has 0 unspecified atom stereocenters. The fourth-order valence-electron chi connectivity index (χ4n) is 3.64. The molecule has 0 bridgehead atoms. The molecular formula is C19H16F3N7O2S. The predicted octanol–water partition coefficient (Wildman–Crippen LogP) is 2.76. The van der Waals surface area contributed by atoms with Gasteiger partial charge in [0.2, 0.25) is 5.91 Å². The molecule has 0 spiro atoms. The highest BCUT2D eigenvalue weighted by atomic mass is 32.1. The minimum atomic E-state index is -4.62. The van der Waals surface area contributed by atoms with E-state index in [0.717, 1.165) is 47.9 Å². The fraction of sp³-hybridized carbons (Fsp3) is 0.316. The van der Waals surface area contributed by atoms with Crippen LogP contribution in [-0.2, 0) is 17.5 Å². The first-order valence-corrected chi connectivity index (χ1v) is 10.6. The van der Waals surface area contributed by atoms with Crippen LogP contribution in [0.2, 0.25) is 0 Å². The molecule has 5 rings (SSSR count). The maximum Gasteiger partial charge on any atom is 0.418 e. The number of thiazole rings is 1. The van der Waals surface area contributed by atoms with E-state index in [9.17, 15) is 22.8 Å². The number of alkyl halides is 3. The maximum atomic E-state index is 13.2. The average Bonchev–Trinajstić information content (AvgIpc) is 3.47. The molecule has 1 fully saturated rings. The summed E-state index contributed by atoms with van der Waals surface area (Å²) in [5, 5.41) is 7.24. The number of amides is 1. The van der Waals surface area contributed by atoms with Crippen LogP contribution in [0.15, 0.2) is 35.4 Å². The van der Waals surface area contributed by atoms with Crippen molar-refractivity contribution >= 4 is 44.1 Å². The lowest BCUT2D eigenvalue weighted by molar-refractivity contribution is -0.137. The van der Waals surface area contributed by atoms with E-state index in [-0.39, 0.29) is 5.69 Å². The van der Waals surface area contributed by atoms with Gasteiger partial charge in [-0.15, -0.1) is 5.10 Å². The van der Waals surface area contributed by atoms with Gasteiger partial charge < -0.3 is 10.2 Å². The van der Waals surface area contributed by atoms with Crippen molar-refractivity contribution in [3.05, 3.63) is 46.6 Å². The third-order valence-corrected chi connectivity index (χ3v) is 6.24. The highest BCUT2D eigenvalue weighted by Crippen LogP contribution is 2.34. The number of halogens is 3. The Morgan fingerprint density at radius 2 is 1.94 bits per heavy atom. The molecule has 0 atom stereocenters. The molecule has 1 N–H and O–H groups in total. The number of anilines is 2. The summed E-state index contributed by atoms with van der Waals surface area (Å²) in [7, 11) is 0. The summed E-state index contributed by atoms with van der Waals surface area (Å²) >= 11 is 1.36. The van der Waals surface area contributed by atoms with Crippen LogP contribution >= 0.6 is 11.3 Å². The standard InChI is InChI=1S/C19H16F3N7O2S/c20-19(21,22)11-5-1-2-6-12(11)24-13(30)9-29-18(31)28-10-23-15-14(16(28)26-29)32-17(25-15)27-7-3-4-8-27/h1-2,5-6,10H,3-4,7-9H2,(H,24,30). The van der Waals surface area contributed by atoms with Gasteiger partial charge in [0.05, 0.1) is 11.3 Å². The summed E-state index contributed by atoms with van der Waals surface area (Å²) in [5.74, 6) is -0.807. The number of para-hydroxylation sites is 1. The van der Waals surface area contributed by atoms with Crippen molar-refractivity contribution in [2.45, 2.75) is 25.6 Å². The number of nitrogens with zero attached hydrogens (tertiary/aromatic N) is 6. The van der Waals surface area contributed by atoms with Crippen molar-refractivity contribution < 1.29 is 18.0 Å². The topological polar surface area (TPSA) is 97.4 Å². The van der Waals surface area contributed by atoms with Crippen LogP contribution in [0.25, 0.3) is 16.0 Å². The maximum absolute atomic E-state index is 13.2. The van der Waals surface area contributed by atoms with Gasteiger partial charge in [-0.2, -0.15) is 18.2 Å². The summed E-state index contributed by atoms with van der Waals surface area (Å²) in [6.45, 7) is 1.25. The smallest absolute Gasteiger partial charge is 0.348 e. The molecule has 4 heterocycles. The van der Waals surface area contributed by atoms with Gasteiger partial charge in [-0.25, -0.2) is 18.9 Å². The molecule has 32 heavy (non-hydrogen) atoms. The van der Waals surface area contributed by atoms with Gasteiger partial charge in [0, 0.05) is 13.1 Å². The fourth-order valence-corrected chi connectivity index (χ4v) is 4.68. The van der Waals surface area contributed by atoms with Gasteiger partial charge in [-0.3, -0.25) is 4.79 Å². The van der Waals surface area contributed by atoms with Crippen molar-refractivity contribution in [1.29, 1.82) is 0 Å². The van der Waals surface area contributed by atoms with Gasteiger partial charge in [-0.1, -0.05) is 23.5 Å². The molecular weight excluding hydrogens is 447 g/mol. The van der Waals surface area contributed by atoms with E-state index in [2.05, 4.69) is 25.3 Å². The molecule has 166 valence electrons. The van der Waals surface area contributed by atoms with Crippen LogP contribution in [-0.4, -0.2) is 43.1 Å². The number of carbonyl (C=O) groups is 1. The number of benzene rings is 1. The molecule has 9 nitrogen and oxygen atoms in total. The van der Waals surface area contributed by atoms with Crippen molar-refractivity contribution in [3.8, 4) is 0 Å². The first-order chi connectivity index (χ1) is 15.3. The van der Waals surface area contributed by atoms with Gasteiger partial charge in [-0.05, 0) is 25.0 Å². The zero-order valence-corrected chi connectivity index (χ0v) is 17.3. The third-order valence-electron chi connectivity index (χ3n) is 5.14. The Labute approximate surface area is 182 Å². The monoisotopic (exact) mass is 463 g/mol. The Hall–Kier alpha value is -3.48. The highest BCUT2D eigenvalue weighted by Gasteiger charge is 2.33. The van der Waals surface area contributed by atoms with Crippen LogP contribution in [0.5, 0.6) is 0 Å². The number of nitrogens with one attached hydrogen (secondary N) is 1. The lowest BCUT2D eigenvalue weighted by atomic mass is 10.1. The van der Waals surface area contributed by atoms with E-state index < -0.39 is 29.9 Å². The van der Waals surface area contributed by atoms with E-state index in [0.29, 0.717) is 16.0 Å². The lowest BCUT2D eigenvalue weighted by Crippen LogP contribution is -2.28. The number of hydrogen-bond acceptors (Lipinski definition) is 7. The predicted molar refractivity (Wildman–Crippen MR) is 112 cm³/mol.